The molecule has 0 aliphatic carbocycles. The van der Waals surface area contributed by atoms with Gasteiger partial charge in [-0.05, 0) is 30.2 Å². The van der Waals surface area contributed by atoms with Crippen molar-refractivity contribution in [3.05, 3.63) is 71.6 Å². The Morgan fingerprint density at radius 3 is 2.73 bits per heavy atom. The lowest BCUT2D eigenvalue weighted by atomic mass is 9.96. The molecule has 0 aliphatic heterocycles. The minimum absolute atomic E-state index is 0.0103. The van der Waals surface area contributed by atoms with Crippen molar-refractivity contribution in [2.24, 2.45) is 5.73 Å². The fourth-order valence-electron chi connectivity index (χ4n) is 1.96. The average Bonchev–Trinajstić information content (AvgIpc) is 2.50. The quantitative estimate of drug-likeness (QED) is 0.890. The molecule has 0 radical (unpaired) electrons. The summed E-state index contributed by atoms with van der Waals surface area (Å²) in [7, 11) is 0. The lowest BCUT2D eigenvalue weighted by Gasteiger charge is -2.11. The number of carboxylic acid groups (broad SMARTS) is 1. The van der Waals surface area contributed by atoms with E-state index in [-0.39, 0.29) is 12.0 Å². The van der Waals surface area contributed by atoms with E-state index in [1.165, 1.54) is 18.3 Å². The number of nitrogens with two attached hydrogens (primary N) is 1. The molecular weight excluding hydrogens is 290 g/mol. The summed E-state index contributed by atoms with van der Waals surface area (Å²) in [6.07, 6.45) is 4.61. The number of hydrogen-bond donors (Lipinski definition) is 2. The minimum Gasteiger partial charge on any atom is -0.480 e. The highest BCUT2D eigenvalue weighted by Gasteiger charge is 2.14. The number of carboxylic acids is 1. The molecule has 0 saturated carbocycles. The van der Waals surface area contributed by atoms with E-state index in [9.17, 15) is 13.6 Å². The SMILES string of the molecule is NC(C/C=C(\c1cccnc1)c1ccc(F)cc1F)C(=O)O. The molecular formula is C16H14F2N2O2. The maximum atomic E-state index is 14.0. The van der Waals surface area contributed by atoms with E-state index in [0.717, 1.165) is 12.1 Å². The first-order chi connectivity index (χ1) is 10.5. The molecule has 1 unspecified atom stereocenters. The second-order valence-electron chi connectivity index (χ2n) is 4.66. The smallest absolute Gasteiger partial charge is 0.320 e. The number of benzene rings is 1. The fraction of sp³-hybridized carbons (Fsp3) is 0.125. The van der Waals surface area contributed by atoms with Gasteiger partial charge in [-0.2, -0.15) is 0 Å². The Labute approximate surface area is 125 Å². The van der Waals surface area contributed by atoms with Crippen LogP contribution < -0.4 is 5.73 Å². The normalized spacial score (nSPS) is 13.0. The molecule has 2 rings (SSSR count). The van der Waals surface area contributed by atoms with E-state index >= 15 is 0 Å². The highest BCUT2D eigenvalue weighted by Crippen LogP contribution is 2.26. The van der Waals surface area contributed by atoms with Gasteiger partial charge in [0.25, 0.3) is 0 Å². The number of rotatable bonds is 5. The molecule has 0 bridgehead atoms. The zero-order valence-corrected chi connectivity index (χ0v) is 11.5. The Balaban J connectivity index is 2.46. The van der Waals surface area contributed by atoms with Gasteiger partial charge in [-0.3, -0.25) is 9.78 Å². The van der Waals surface area contributed by atoms with Gasteiger partial charge in [0.1, 0.15) is 17.7 Å². The predicted octanol–water partition coefficient (Wildman–Crippen LogP) is 2.59. The maximum absolute atomic E-state index is 14.0. The number of halogens is 2. The third kappa shape index (κ3) is 3.73. The van der Waals surface area contributed by atoms with Crippen molar-refractivity contribution >= 4 is 11.5 Å². The Hall–Kier alpha value is -2.60. The zero-order valence-electron chi connectivity index (χ0n) is 11.5. The molecule has 4 nitrogen and oxygen atoms in total. The van der Waals surface area contributed by atoms with Crippen LogP contribution in [0.15, 0.2) is 48.8 Å². The maximum Gasteiger partial charge on any atom is 0.320 e. The first-order valence-corrected chi connectivity index (χ1v) is 6.53. The Morgan fingerprint density at radius 1 is 1.36 bits per heavy atom. The Kier molecular flexibility index (Phi) is 4.95. The van der Waals surface area contributed by atoms with E-state index in [4.69, 9.17) is 10.8 Å². The van der Waals surface area contributed by atoms with Crippen LogP contribution in [-0.2, 0) is 4.79 Å². The first-order valence-electron chi connectivity index (χ1n) is 6.53. The second-order valence-corrected chi connectivity index (χ2v) is 4.66. The van der Waals surface area contributed by atoms with Crippen molar-refractivity contribution in [1.29, 1.82) is 0 Å². The molecule has 0 aliphatic rings. The molecule has 6 heteroatoms. The van der Waals surface area contributed by atoms with Crippen molar-refractivity contribution in [2.45, 2.75) is 12.5 Å². The zero-order chi connectivity index (χ0) is 16.1. The molecule has 2 aromatic rings. The van der Waals surface area contributed by atoms with Crippen LogP contribution in [0.5, 0.6) is 0 Å². The lowest BCUT2D eigenvalue weighted by Crippen LogP contribution is -2.29. The molecule has 1 heterocycles. The van der Waals surface area contributed by atoms with E-state index < -0.39 is 23.6 Å². The number of carbonyl (C=O) groups is 1. The topological polar surface area (TPSA) is 76.2 Å². The minimum atomic E-state index is -1.15. The molecule has 0 spiro atoms. The van der Waals surface area contributed by atoms with Gasteiger partial charge in [-0.1, -0.05) is 12.1 Å². The van der Waals surface area contributed by atoms with Crippen LogP contribution in [0.4, 0.5) is 8.78 Å². The molecule has 114 valence electrons. The van der Waals surface area contributed by atoms with Crippen molar-refractivity contribution < 1.29 is 18.7 Å². The molecule has 0 saturated heterocycles. The summed E-state index contributed by atoms with van der Waals surface area (Å²) >= 11 is 0. The summed E-state index contributed by atoms with van der Waals surface area (Å²) in [4.78, 5) is 14.8. The average molecular weight is 304 g/mol. The third-order valence-corrected chi connectivity index (χ3v) is 3.09. The van der Waals surface area contributed by atoms with Crippen molar-refractivity contribution in [3.8, 4) is 0 Å². The third-order valence-electron chi connectivity index (χ3n) is 3.09. The van der Waals surface area contributed by atoms with Crippen LogP contribution in [0.25, 0.3) is 5.57 Å². The molecule has 1 atom stereocenters. The number of aromatic nitrogens is 1. The second kappa shape index (κ2) is 6.91. The van der Waals surface area contributed by atoms with Gasteiger partial charge in [0.2, 0.25) is 0 Å². The Morgan fingerprint density at radius 2 is 2.14 bits per heavy atom. The van der Waals surface area contributed by atoms with Crippen LogP contribution in [-0.4, -0.2) is 22.1 Å². The van der Waals surface area contributed by atoms with Gasteiger partial charge >= 0.3 is 5.97 Å². The van der Waals surface area contributed by atoms with Crippen molar-refractivity contribution in [1.82, 2.24) is 4.98 Å². The van der Waals surface area contributed by atoms with Crippen LogP contribution in [0, 0.1) is 11.6 Å². The van der Waals surface area contributed by atoms with Gasteiger partial charge < -0.3 is 10.8 Å². The molecule has 0 fully saturated rings. The molecule has 0 amide bonds. The van der Waals surface area contributed by atoms with Gasteiger partial charge in [0, 0.05) is 29.6 Å². The fourth-order valence-corrected chi connectivity index (χ4v) is 1.96. The van der Waals surface area contributed by atoms with Crippen LogP contribution >= 0.6 is 0 Å². The highest BCUT2D eigenvalue weighted by atomic mass is 19.1. The number of hydrogen-bond acceptors (Lipinski definition) is 3. The van der Waals surface area contributed by atoms with Crippen LogP contribution in [0.1, 0.15) is 17.5 Å². The van der Waals surface area contributed by atoms with E-state index in [0.29, 0.717) is 11.1 Å². The van der Waals surface area contributed by atoms with Crippen molar-refractivity contribution in [3.63, 3.8) is 0 Å². The monoisotopic (exact) mass is 304 g/mol. The van der Waals surface area contributed by atoms with Crippen LogP contribution in [0.2, 0.25) is 0 Å². The molecule has 3 N–H and O–H groups in total. The lowest BCUT2D eigenvalue weighted by molar-refractivity contribution is -0.138. The molecule has 1 aromatic heterocycles. The van der Waals surface area contributed by atoms with E-state index in [1.807, 2.05) is 0 Å². The summed E-state index contributed by atoms with van der Waals surface area (Å²) in [5.41, 5.74) is 6.64. The predicted molar refractivity (Wildman–Crippen MR) is 77.9 cm³/mol. The van der Waals surface area contributed by atoms with Gasteiger partial charge in [0.05, 0.1) is 0 Å². The first kappa shape index (κ1) is 15.8. The summed E-state index contributed by atoms with van der Waals surface area (Å²) < 4.78 is 27.1. The standard InChI is InChI=1S/C16H14F2N2O2/c17-11-3-4-13(14(18)8-11)12(5-6-15(19)16(21)22)10-2-1-7-20-9-10/h1-5,7-9,15H,6,19H2,(H,21,22)/b12-5+. The summed E-state index contributed by atoms with van der Waals surface area (Å²) in [6, 6.07) is 5.48. The Bertz CT molecular complexity index is 703. The highest BCUT2D eigenvalue weighted by molar-refractivity contribution is 5.80. The largest absolute Gasteiger partial charge is 0.480 e. The van der Waals surface area contributed by atoms with Crippen LogP contribution in [0.3, 0.4) is 0 Å². The number of pyridine rings is 1. The molecule has 1 aromatic carbocycles. The summed E-state index contributed by atoms with van der Waals surface area (Å²) in [5.74, 6) is -2.57. The van der Waals surface area contributed by atoms with E-state index in [1.54, 1.807) is 18.3 Å². The summed E-state index contributed by atoms with van der Waals surface area (Å²) in [6.45, 7) is 0. The van der Waals surface area contributed by atoms with Gasteiger partial charge in [0.15, 0.2) is 0 Å². The summed E-state index contributed by atoms with van der Waals surface area (Å²) in [5, 5.41) is 8.84. The van der Waals surface area contributed by atoms with Gasteiger partial charge in [-0.15, -0.1) is 0 Å². The number of aliphatic carboxylic acids is 1. The van der Waals surface area contributed by atoms with Crippen molar-refractivity contribution in [2.75, 3.05) is 0 Å². The molecule has 22 heavy (non-hydrogen) atoms. The number of nitrogens with zero attached hydrogens (tertiary/aromatic N) is 1. The van der Waals surface area contributed by atoms with E-state index in [2.05, 4.69) is 4.98 Å². The van der Waals surface area contributed by atoms with Gasteiger partial charge in [-0.25, -0.2) is 8.78 Å².